The van der Waals surface area contributed by atoms with E-state index in [1.165, 1.54) is 0 Å². The summed E-state index contributed by atoms with van der Waals surface area (Å²) in [7, 11) is 0. The summed E-state index contributed by atoms with van der Waals surface area (Å²) in [6, 6.07) is 6.41. The lowest BCUT2D eigenvalue weighted by Gasteiger charge is -2.22. The zero-order valence-corrected chi connectivity index (χ0v) is 13.0. The van der Waals surface area contributed by atoms with Crippen LogP contribution in [0.25, 0.3) is 0 Å². The lowest BCUT2D eigenvalue weighted by atomic mass is 10.0. The average molecular weight is 326 g/mol. The van der Waals surface area contributed by atoms with Gasteiger partial charge in [0.05, 0.1) is 13.2 Å². The van der Waals surface area contributed by atoms with Crippen LogP contribution in [-0.2, 0) is 9.53 Å². The number of nitrogens with one attached hydrogen (secondary N) is 3. The van der Waals surface area contributed by atoms with Crippen LogP contribution in [0, 0.1) is 5.92 Å². The molecular weight excluding hydrogens is 306 g/mol. The van der Waals surface area contributed by atoms with Gasteiger partial charge in [-0.1, -0.05) is 11.6 Å². The molecule has 0 bridgehead atoms. The molecule has 0 aromatic heterocycles. The Morgan fingerprint density at radius 1 is 1.23 bits per heavy atom. The number of hydrogen-bond acceptors (Lipinski definition) is 3. The monoisotopic (exact) mass is 325 g/mol. The minimum atomic E-state index is -0.350. The molecule has 3 amide bonds. The van der Waals surface area contributed by atoms with Gasteiger partial charge >= 0.3 is 6.03 Å². The molecule has 6 nitrogen and oxygen atoms in total. The summed E-state index contributed by atoms with van der Waals surface area (Å²) in [6.07, 6.45) is 2.08. The second-order valence-electron chi connectivity index (χ2n) is 5.20. The molecule has 1 aliphatic rings. The van der Waals surface area contributed by atoms with Crippen molar-refractivity contribution in [1.29, 1.82) is 0 Å². The average Bonchev–Trinajstić information content (AvgIpc) is 2.54. The fraction of sp³-hybridized carbons (Fsp3) is 0.467. The largest absolute Gasteiger partial charge is 0.381 e. The van der Waals surface area contributed by atoms with Crippen LogP contribution in [0.1, 0.15) is 12.8 Å². The van der Waals surface area contributed by atoms with Crippen molar-refractivity contribution < 1.29 is 14.3 Å². The first kappa shape index (κ1) is 16.6. The van der Waals surface area contributed by atoms with Gasteiger partial charge in [0.15, 0.2) is 0 Å². The van der Waals surface area contributed by atoms with E-state index in [1.54, 1.807) is 24.3 Å². The molecule has 1 aromatic rings. The minimum absolute atomic E-state index is 0.0877. The fourth-order valence-corrected chi connectivity index (χ4v) is 2.29. The summed E-state index contributed by atoms with van der Waals surface area (Å²) >= 11 is 5.76. The Balaban J connectivity index is 1.62. The molecule has 22 heavy (non-hydrogen) atoms. The van der Waals surface area contributed by atoms with Crippen molar-refractivity contribution in [3.63, 3.8) is 0 Å². The highest BCUT2D eigenvalue weighted by atomic mass is 35.5. The number of benzene rings is 1. The van der Waals surface area contributed by atoms with E-state index < -0.39 is 0 Å². The minimum Gasteiger partial charge on any atom is -0.381 e. The molecule has 0 aliphatic carbocycles. The SMILES string of the molecule is O=C(CNC(=O)NC[C@H]1CCCOC1)Nc1ccc(Cl)cc1. The summed E-state index contributed by atoms with van der Waals surface area (Å²) in [5.74, 6) is 0.0564. The third-order valence-corrected chi connectivity index (χ3v) is 3.60. The molecule has 120 valence electrons. The predicted octanol–water partition coefficient (Wildman–Crippen LogP) is 2.00. The second-order valence-corrected chi connectivity index (χ2v) is 5.64. The Bertz CT molecular complexity index is 501. The smallest absolute Gasteiger partial charge is 0.315 e. The number of hydrogen-bond donors (Lipinski definition) is 3. The van der Waals surface area contributed by atoms with Crippen LogP contribution in [0.2, 0.25) is 5.02 Å². The van der Waals surface area contributed by atoms with Gasteiger partial charge < -0.3 is 20.7 Å². The molecule has 0 spiro atoms. The number of anilines is 1. The van der Waals surface area contributed by atoms with Crippen LogP contribution in [0.3, 0.4) is 0 Å². The normalized spacial score (nSPS) is 17.6. The Morgan fingerprint density at radius 2 is 2.00 bits per heavy atom. The predicted molar refractivity (Wildman–Crippen MR) is 85.0 cm³/mol. The molecule has 1 atom stereocenters. The van der Waals surface area contributed by atoms with Crippen molar-refractivity contribution in [3.05, 3.63) is 29.3 Å². The summed E-state index contributed by atoms with van der Waals surface area (Å²) < 4.78 is 5.34. The molecule has 1 saturated heterocycles. The number of ether oxygens (including phenoxy) is 1. The standard InChI is InChI=1S/C15H20ClN3O3/c16-12-3-5-13(6-4-12)19-14(20)9-18-15(21)17-8-11-2-1-7-22-10-11/h3-6,11H,1-2,7-10H2,(H,19,20)(H2,17,18,21)/t11-/m1/s1. The molecule has 1 heterocycles. The van der Waals surface area contributed by atoms with Crippen molar-refractivity contribution in [2.45, 2.75) is 12.8 Å². The zero-order valence-electron chi connectivity index (χ0n) is 12.2. The van der Waals surface area contributed by atoms with E-state index in [-0.39, 0.29) is 18.5 Å². The first-order chi connectivity index (χ1) is 10.6. The first-order valence-electron chi connectivity index (χ1n) is 7.28. The quantitative estimate of drug-likeness (QED) is 0.774. The number of urea groups is 1. The maximum atomic E-state index is 11.7. The van der Waals surface area contributed by atoms with Crippen molar-refractivity contribution >= 4 is 29.2 Å². The van der Waals surface area contributed by atoms with Crippen LogP contribution in [0.5, 0.6) is 0 Å². The molecule has 0 saturated carbocycles. The molecule has 3 N–H and O–H groups in total. The number of rotatable bonds is 5. The van der Waals surface area contributed by atoms with E-state index in [2.05, 4.69) is 16.0 Å². The summed E-state index contributed by atoms with van der Waals surface area (Å²) in [5.41, 5.74) is 0.635. The topological polar surface area (TPSA) is 79.5 Å². The van der Waals surface area contributed by atoms with Crippen molar-refractivity contribution in [1.82, 2.24) is 10.6 Å². The summed E-state index contributed by atoms with van der Waals surface area (Å²) in [6.45, 7) is 1.95. The van der Waals surface area contributed by atoms with Crippen molar-refractivity contribution in [2.24, 2.45) is 5.92 Å². The van der Waals surface area contributed by atoms with Gasteiger partial charge in [-0.05, 0) is 43.0 Å². The van der Waals surface area contributed by atoms with Crippen molar-refractivity contribution in [3.8, 4) is 0 Å². The highest BCUT2D eigenvalue weighted by molar-refractivity contribution is 6.30. The number of halogens is 1. The molecular formula is C15H20ClN3O3. The van der Waals surface area contributed by atoms with E-state index in [4.69, 9.17) is 16.3 Å². The summed E-state index contributed by atoms with van der Waals surface area (Å²) in [5, 5.41) is 8.55. The van der Waals surface area contributed by atoms with Crippen LogP contribution >= 0.6 is 11.6 Å². The molecule has 2 rings (SSSR count). The highest BCUT2D eigenvalue weighted by Crippen LogP contribution is 2.13. The Morgan fingerprint density at radius 3 is 2.68 bits per heavy atom. The van der Waals surface area contributed by atoms with Crippen LogP contribution < -0.4 is 16.0 Å². The van der Waals surface area contributed by atoms with Gasteiger partial charge in [0.2, 0.25) is 5.91 Å². The van der Waals surface area contributed by atoms with Crippen LogP contribution in [-0.4, -0.2) is 38.2 Å². The molecule has 7 heteroatoms. The van der Waals surface area contributed by atoms with E-state index >= 15 is 0 Å². The van der Waals surface area contributed by atoms with Crippen LogP contribution in [0.15, 0.2) is 24.3 Å². The maximum absolute atomic E-state index is 11.7. The fourth-order valence-electron chi connectivity index (χ4n) is 2.17. The summed E-state index contributed by atoms with van der Waals surface area (Å²) in [4.78, 5) is 23.3. The van der Waals surface area contributed by atoms with Crippen molar-refractivity contribution in [2.75, 3.05) is 31.6 Å². The van der Waals surface area contributed by atoms with Gasteiger partial charge in [-0.15, -0.1) is 0 Å². The van der Waals surface area contributed by atoms with Crippen LogP contribution in [0.4, 0.5) is 10.5 Å². The second kappa shape index (κ2) is 8.60. The molecule has 0 unspecified atom stereocenters. The Labute approximate surface area is 134 Å². The third-order valence-electron chi connectivity index (χ3n) is 3.34. The van der Waals surface area contributed by atoms with Gasteiger partial charge in [-0.25, -0.2) is 4.79 Å². The number of amides is 3. The van der Waals surface area contributed by atoms with E-state index in [0.29, 0.717) is 29.8 Å². The van der Waals surface area contributed by atoms with Gasteiger partial charge in [0.25, 0.3) is 0 Å². The molecule has 1 aromatic carbocycles. The first-order valence-corrected chi connectivity index (χ1v) is 7.66. The highest BCUT2D eigenvalue weighted by Gasteiger charge is 2.14. The zero-order chi connectivity index (χ0) is 15.8. The van der Waals surface area contributed by atoms with Gasteiger partial charge in [-0.3, -0.25) is 4.79 Å². The van der Waals surface area contributed by atoms with Gasteiger partial charge in [-0.2, -0.15) is 0 Å². The number of carbonyl (C=O) groups is 2. The molecule has 1 fully saturated rings. The van der Waals surface area contributed by atoms with Gasteiger partial charge in [0, 0.05) is 23.9 Å². The van der Waals surface area contributed by atoms with E-state index in [0.717, 1.165) is 19.4 Å². The van der Waals surface area contributed by atoms with E-state index in [9.17, 15) is 9.59 Å². The molecule has 0 radical (unpaired) electrons. The maximum Gasteiger partial charge on any atom is 0.315 e. The Hall–Kier alpha value is -1.79. The number of carbonyl (C=O) groups excluding carboxylic acids is 2. The Kier molecular flexibility index (Phi) is 6.48. The lowest BCUT2D eigenvalue weighted by molar-refractivity contribution is -0.115. The third kappa shape index (κ3) is 5.91. The molecule has 1 aliphatic heterocycles. The lowest BCUT2D eigenvalue weighted by Crippen LogP contribution is -2.42. The van der Waals surface area contributed by atoms with Gasteiger partial charge in [0.1, 0.15) is 0 Å². The van der Waals surface area contributed by atoms with E-state index in [1.807, 2.05) is 0 Å².